The molecule has 0 aromatic heterocycles. The summed E-state index contributed by atoms with van der Waals surface area (Å²) in [5.74, 6) is -0.499. The van der Waals surface area contributed by atoms with E-state index in [1.54, 1.807) is 38.1 Å². The Morgan fingerprint density at radius 2 is 1.57 bits per heavy atom. The topological polar surface area (TPSA) is 95.6 Å². The smallest absolute Gasteiger partial charge is 0.255 e. The summed E-state index contributed by atoms with van der Waals surface area (Å²) in [5.41, 5.74) is 1.20. The molecule has 1 saturated heterocycles. The minimum Gasteiger partial charge on any atom is -0.339 e. The van der Waals surface area contributed by atoms with Crippen LogP contribution in [0.25, 0.3) is 0 Å². The molecule has 0 spiro atoms. The maximum Gasteiger partial charge on any atom is 0.255 e. The SMILES string of the molecule is CC(C)NS(=O)(=O)c1ccc(C(=O)Nc2ccccc2C(=O)N2CCCCC2)cc1. The lowest BCUT2D eigenvalue weighted by Gasteiger charge is -2.27. The van der Waals surface area contributed by atoms with Gasteiger partial charge in [-0.15, -0.1) is 0 Å². The molecule has 0 aliphatic carbocycles. The summed E-state index contributed by atoms with van der Waals surface area (Å²) in [7, 11) is -3.62. The molecule has 2 N–H and O–H groups in total. The third kappa shape index (κ3) is 5.25. The van der Waals surface area contributed by atoms with Crippen molar-refractivity contribution in [2.75, 3.05) is 18.4 Å². The lowest BCUT2D eigenvalue weighted by molar-refractivity contribution is 0.0725. The normalized spacial score (nSPS) is 14.6. The highest BCUT2D eigenvalue weighted by Gasteiger charge is 2.22. The van der Waals surface area contributed by atoms with Crippen LogP contribution in [0, 0.1) is 0 Å². The lowest BCUT2D eigenvalue weighted by Crippen LogP contribution is -2.36. The molecule has 0 saturated carbocycles. The van der Waals surface area contributed by atoms with E-state index in [1.807, 2.05) is 4.90 Å². The maximum atomic E-state index is 12.9. The molecule has 1 heterocycles. The highest BCUT2D eigenvalue weighted by Crippen LogP contribution is 2.21. The van der Waals surface area contributed by atoms with Crippen molar-refractivity contribution in [3.05, 3.63) is 59.7 Å². The minimum absolute atomic E-state index is 0.0909. The first-order valence-electron chi connectivity index (χ1n) is 10.1. The van der Waals surface area contributed by atoms with Gasteiger partial charge in [-0.25, -0.2) is 13.1 Å². The highest BCUT2D eigenvalue weighted by atomic mass is 32.2. The molecule has 0 radical (unpaired) electrons. The minimum atomic E-state index is -3.62. The Morgan fingerprint density at radius 1 is 0.933 bits per heavy atom. The summed E-state index contributed by atoms with van der Waals surface area (Å²) >= 11 is 0. The number of sulfonamides is 1. The number of nitrogens with zero attached hydrogens (tertiary/aromatic N) is 1. The van der Waals surface area contributed by atoms with Gasteiger partial charge in [0.1, 0.15) is 0 Å². The van der Waals surface area contributed by atoms with Crippen LogP contribution in [0.1, 0.15) is 53.8 Å². The molecule has 0 atom stereocenters. The fourth-order valence-electron chi connectivity index (χ4n) is 3.40. The van der Waals surface area contributed by atoms with E-state index in [4.69, 9.17) is 0 Å². The first-order chi connectivity index (χ1) is 14.3. The summed E-state index contributed by atoms with van der Waals surface area (Å²) in [4.78, 5) is 27.5. The van der Waals surface area contributed by atoms with Crippen LogP contribution in [0.5, 0.6) is 0 Å². The van der Waals surface area contributed by atoms with Crippen LogP contribution >= 0.6 is 0 Å². The van der Waals surface area contributed by atoms with Gasteiger partial charge in [0.25, 0.3) is 11.8 Å². The number of piperidine rings is 1. The van der Waals surface area contributed by atoms with Crippen LogP contribution < -0.4 is 10.0 Å². The first-order valence-corrected chi connectivity index (χ1v) is 11.6. The van der Waals surface area contributed by atoms with E-state index >= 15 is 0 Å². The molecule has 3 rings (SSSR count). The van der Waals surface area contributed by atoms with Crippen molar-refractivity contribution in [1.29, 1.82) is 0 Å². The van der Waals surface area contributed by atoms with E-state index < -0.39 is 15.9 Å². The van der Waals surface area contributed by atoms with Crippen molar-refractivity contribution in [3.63, 3.8) is 0 Å². The zero-order valence-electron chi connectivity index (χ0n) is 17.2. The monoisotopic (exact) mass is 429 g/mol. The number of para-hydroxylation sites is 1. The number of benzene rings is 2. The Hall–Kier alpha value is -2.71. The predicted octanol–water partition coefficient (Wildman–Crippen LogP) is 3.25. The fraction of sp³-hybridized carbons (Fsp3) is 0.364. The zero-order valence-corrected chi connectivity index (χ0v) is 18.0. The number of carbonyl (C=O) groups excluding carboxylic acids is 2. The standard InChI is InChI=1S/C22H27N3O4S/c1-16(2)24-30(28,29)18-12-10-17(11-13-18)21(26)23-20-9-5-4-8-19(20)22(27)25-14-6-3-7-15-25/h4-5,8-13,16,24H,3,6-7,14-15H2,1-2H3,(H,23,26). The Morgan fingerprint density at radius 3 is 2.20 bits per heavy atom. The van der Waals surface area contributed by atoms with Gasteiger partial charge in [-0.05, 0) is 69.5 Å². The fourth-order valence-corrected chi connectivity index (χ4v) is 4.66. The van der Waals surface area contributed by atoms with E-state index in [0.29, 0.717) is 16.8 Å². The van der Waals surface area contributed by atoms with Crippen molar-refractivity contribution in [3.8, 4) is 0 Å². The largest absolute Gasteiger partial charge is 0.339 e. The summed E-state index contributed by atoms with van der Waals surface area (Å²) in [6, 6.07) is 12.4. The van der Waals surface area contributed by atoms with Crippen molar-refractivity contribution >= 4 is 27.5 Å². The van der Waals surface area contributed by atoms with Crippen LogP contribution in [-0.4, -0.2) is 44.3 Å². The molecule has 160 valence electrons. The third-order valence-corrected chi connectivity index (χ3v) is 6.54. The average molecular weight is 430 g/mol. The second kappa shape index (κ2) is 9.40. The molecule has 2 aromatic carbocycles. The van der Waals surface area contributed by atoms with Gasteiger partial charge in [0, 0.05) is 24.7 Å². The molecule has 2 amide bonds. The Balaban J connectivity index is 1.76. The van der Waals surface area contributed by atoms with Gasteiger partial charge in [0.05, 0.1) is 16.1 Å². The Kier molecular flexibility index (Phi) is 6.89. The molecule has 0 bridgehead atoms. The van der Waals surface area contributed by atoms with E-state index in [0.717, 1.165) is 32.4 Å². The number of amides is 2. The summed E-state index contributed by atoms with van der Waals surface area (Å²) in [6.45, 7) is 4.92. The van der Waals surface area contributed by atoms with Crippen LogP contribution in [0.3, 0.4) is 0 Å². The molecule has 1 aliphatic rings. The van der Waals surface area contributed by atoms with Crippen molar-refractivity contribution < 1.29 is 18.0 Å². The molecule has 1 aliphatic heterocycles. The van der Waals surface area contributed by atoms with Crippen LogP contribution in [0.15, 0.2) is 53.4 Å². The van der Waals surface area contributed by atoms with Crippen molar-refractivity contribution in [1.82, 2.24) is 9.62 Å². The molecule has 7 nitrogen and oxygen atoms in total. The second-order valence-electron chi connectivity index (χ2n) is 7.65. The highest BCUT2D eigenvalue weighted by molar-refractivity contribution is 7.89. The van der Waals surface area contributed by atoms with Crippen molar-refractivity contribution in [2.24, 2.45) is 0 Å². The molecule has 2 aromatic rings. The van der Waals surface area contributed by atoms with E-state index in [-0.39, 0.29) is 16.8 Å². The number of rotatable bonds is 6. The number of hydrogen-bond donors (Lipinski definition) is 2. The Bertz CT molecular complexity index is 1010. The summed E-state index contributed by atoms with van der Waals surface area (Å²) in [6.07, 6.45) is 3.10. The number of likely N-dealkylation sites (tertiary alicyclic amines) is 1. The predicted molar refractivity (Wildman–Crippen MR) is 116 cm³/mol. The Labute approximate surface area is 177 Å². The average Bonchev–Trinajstić information content (AvgIpc) is 2.73. The second-order valence-corrected chi connectivity index (χ2v) is 9.37. The van der Waals surface area contributed by atoms with Gasteiger partial charge < -0.3 is 10.2 Å². The van der Waals surface area contributed by atoms with Crippen LogP contribution in [0.2, 0.25) is 0 Å². The van der Waals surface area contributed by atoms with Gasteiger partial charge in [-0.2, -0.15) is 0 Å². The van der Waals surface area contributed by atoms with Crippen molar-refractivity contribution in [2.45, 2.75) is 44.0 Å². The molecule has 8 heteroatoms. The molecular weight excluding hydrogens is 402 g/mol. The van der Waals surface area contributed by atoms with E-state index in [9.17, 15) is 18.0 Å². The van der Waals surface area contributed by atoms with Crippen LogP contribution in [0.4, 0.5) is 5.69 Å². The van der Waals surface area contributed by atoms with Gasteiger partial charge >= 0.3 is 0 Å². The molecule has 30 heavy (non-hydrogen) atoms. The number of nitrogens with one attached hydrogen (secondary N) is 2. The molecular formula is C22H27N3O4S. The first kappa shape index (κ1) is 22.0. The lowest BCUT2D eigenvalue weighted by atomic mass is 10.1. The summed E-state index contributed by atoms with van der Waals surface area (Å²) in [5, 5.41) is 2.79. The van der Waals surface area contributed by atoms with Gasteiger partial charge in [-0.3, -0.25) is 9.59 Å². The van der Waals surface area contributed by atoms with Gasteiger partial charge in [-0.1, -0.05) is 12.1 Å². The zero-order chi connectivity index (χ0) is 21.7. The van der Waals surface area contributed by atoms with E-state index in [2.05, 4.69) is 10.0 Å². The van der Waals surface area contributed by atoms with Gasteiger partial charge in [0.15, 0.2) is 0 Å². The summed E-state index contributed by atoms with van der Waals surface area (Å²) < 4.78 is 27.0. The van der Waals surface area contributed by atoms with Crippen LogP contribution in [-0.2, 0) is 10.0 Å². The van der Waals surface area contributed by atoms with Gasteiger partial charge in [0.2, 0.25) is 10.0 Å². The quantitative estimate of drug-likeness (QED) is 0.737. The maximum absolute atomic E-state index is 12.9. The number of carbonyl (C=O) groups is 2. The number of hydrogen-bond acceptors (Lipinski definition) is 4. The van der Waals surface area contributed by atoms with E-state index in [1.165, 1.54) is 24.3 Å². The molecule has 0 unspecified atom stereocenters. The molecule has 1 fully saturated rings. The number of anilines is 1. The third-order valence-electron chi connectivity index (χ3n) is 4.87.